The van der Waals surface area contributed by atoms with Crippen molar-refractivity contribution < 1.29 is 5.11 Å². The van der Waals surface area contributed by atoms with E-state index < -0.39 is 5.60 Å². The van der Waals surface area contributed by atoms with Crippen LogP contribution >= 0.6 is 0 Å². The van der Waals surface area contributed by atoms with E-state index in [0.29, 0.717) is 6.54 Å². The summed E-state index contributed by atoms with van der Waals surface area (Å²) in [6.45, 7) is 1.49. The molecule has 82 valence electrons. The lowest BCUT2D eigenvalue weighted by atomic mass is 9.95. The fourth-order valence-corrected chi connectivity index (χ4v) is 1.85. The molecule has 1 aliphatic rings. The van der Waals surface area contributed by atoms with Crippen molar-refractivity contribution in [1.82, 2.24) is 10.3 Å². The molecule has 0 amide bonds. The molecule has 2 heterocycles. The Labute approximate surface area is 89.9 Å². The summed E-state index contributed by atoms with van der Waals surface area (Å²) >= 11 is 0. The van der Waals surface area contributed by atoms with Gasteiger partial charge in [0.15, 0.2) is 0 Å². The molecule has 4 heteroatoms. The third-order valence-corrected chi connectivity index (χ3v) is 2.88. The Morgan fingerprint density at radius 3 is 2.73 bits per heavy atom. The average Bonchev–Trinajstić information content (AvgIpc) is 2.67. The molecule has 1 fully saturated rings. The van der Waals surface area contributed by atoms with Crippen LogP contribution in [-0.2, 0) is 5.60 Å². The molecule has 2 N–H and O–H groups in total. The normalized spacial score (nSPS) is 25.5. The number of nitrogens with zero attached hydrogens (tertiary/aromatic N) is 2. The predicted octanol–water partition coefficient (Wildman–Crippen LogP) is 0.328. The standard InChI is InChI=1S/C11H17N3O/c1-14(2)10-4-3-9(7-13-10)11(15)5-6-12-8-11/h3-4,7,12,15H,5-6,8H2,1-2H3. The van der Waals surface area contributed by atoms with Gasteiger partial charge in [0.1, 0.15) is 11.4 Å². The van der Waals surface area contributed by atoms with Crippen molar-refractivity contribution in [2.75, 3.05) is 32.1 Å². The van der Waals surface area contributed by atoms with E-state index in [0.717, 1.165) is 24.3 Å². The number of β-amino-alcohol motifs (C(OH)–C–C–N with tert-alkyl or cyclic N) is 1. The monoisotopic (exact) mass is 207 g/mol. The zero-order valence-electron chi connectivity index (χ0n) is 9.20. The first-order chi connectivity index (χ1) is 7.12. The van der Waals surface area contributed by atoms with Crippen LogP contribution < -0.4 is 10.2 Å². The zero-order chi connectivity index (χ0) is 10.9. The minimum atomic E-state index is -0.724. The highest BCUT2D eigenvalue weighted by Gasteiger charge is 2.33. The molecular weight excluding hydrogens is 190 g/mol. The maximum Gasteiger partial charge on any atom is 0.127 e. The molecule has 1 aliphatic heterocycles. The molecule has 0 bridgehead atoms. The van der Waals surface area contributed by atoms with Gasteiger partial charge in [-0.15, -0.1) is 0 Å². The van der Waals surface area contributed by atoms with E-state index >= 15 is 0 Å². The second kappa shape index (κ2) is 3.79. The van der Waals surface area contributed by atoms with Crippen LogP contribution in [0.2, 0.25) is 0 Å². The average molecular weight is 207 g/mol. The Balaban J connectivity index is 2.23. The number of aliphatic hydroxyl groups is 1. The lowest BCUT2D eigenvalue weighted by Crippen LogP contribution is -2.28. The Morgan fingerprint density at radius 1 is 1.47 bits per heavy atom. The number of rotatable bonds is 2. The van der Waals surface area contributed by atoms with Crippen LogP contribution in [0.25, 0.3) is 0 Å². The van der Waals surface area contributed by atoms with Gasteiger partial charge in [0.25, 0.3) is 0 Å². The van der Waals surface area contributed by atoms with Crippen molar-refractivity contribution >= 4 is 5.82 Å². The lowest BCUT2D eigenvalue weighted by Gasteiger charge is -2.22. The summed E-state index contributed by atoms with van der Waals surface area (Å²) in [7, 11) is 3.90. The van der Waals surface area contributed by atoms with Gasteiger partial charge < -0.3 is 15.3 Å². The first-order valence-corrected chi connectivity index (χ1v) is 5.19. The van der Waals surface area contributed by atoms with E-state index in [4.69, 9.17) is 0 Å². The maximum atomic E-state index is 10.3. The lowest BCUT2D eigenvalue weighted by molar-refractivity contribution is 0.0584. The minimum Gasteiger partial charge on any atom is -0.384 e. The van der Waals surface area contributed by atoms with Crippen molar-refractivity contribution in [3.63, 3.8) is 0 Å². The summed E-state index contributed by atoms with van der Waals surface area (Å²) in [6, 6.07) is 3.89. The van der Waals surface area contributed by atoms with Gasteiger partial charge in [-0.2, -0.15) is 0 Å². The van der Waals surface area contributed by atoms with Crippen LogP contribution in [0.15, 0.2) is 18.3 Å². The Morgan fingerprint density at radius 2 is 2.27 bits per heavy atom. The van der Waals surface area contributed by atoms with Gasteiger partial charge in [-0.1, -0.05) is 6.07 Å². The molecule has 4 nitrogen and oxygen atoms in total. The number of hydrogen-bond acceptors (Lipinski definition) is 4. The van der Waals surface area contributed by atoms with Gasteiger partial charge in [-0.25, -0.2) is 4.98 Å². The van der Waals surface area contributed by atoms with Gasteiger partial charge in [-0.05, 0) is 19.0 Å². The molecular formula is C11H17N3O. The molecule has 1 aromatic heterocycles. The fourth-order valence-electron chi connectivity index (χ4n) is 1.85. The third kappa shape index (κ3) is 1.96. The number of nitrogens with one attached hydrogen (secondary N) is 1. The van der Waals surface area contributed by atoms with Gasteiger partial charge in [-0.3, -0.25) is 0 Å². The summed E-state index contributed by atoms with van der Waals surface area (Å²) in [6.07, 6.45) is 2.53. The summed E-state index contributed by atoms with van der Waals surface area (Å²) in [4.78, 5) is 6.25. The number of aromatic nitrogens is 1. The zero-order valence-corrected chi connectivity index (χ0v) is 9.20. The van der Waals surface area contributed by atoms with Crippen molar-refractivity contribution in [3.8, 4) is 0 Å². The van der Waals surface area contributed by atoms with Gasteiger partial charge >= 0.3 is 0 Å². The number of hydrogen-bond donors (Lipinski definition) is 2. The second-order valence-corrected chi connectivity index (χ2v) is 4.26. The molecule has 15 heavy (non-hydrogen) atoms. The third-order valence-electron chi connectivity index (χ3n) is 2.88. The first kappa shape index (κ1) is 10.4. The predicted molar refractivity (Wildman–Crippen MR) is 59.9 cm³/mol. The largest absolute Gasteiger partial charge is 0.384 e. The molecule has 0 saturated carbocycles. The van der Waals surface area contributed by atoms with Gasteiger partial charge in [0, 0.05) is 32.4 Å². The van der Waals surface area contributed by atoms with Crippen LogP contribution in [0.5, 0.6) is 0 Å². The van der Waals surface area contributed by atoms with Crippen LogP contribution in [0.4, 0.5) is 5.82 Å². The van der Waals surface area contributed by atoms with E-state index in [1.807, 2.05) is 31.1 Å². The second-order valence-electron chi connectivity index (χ2n) is 4.26. The smallest absolute Gasteiger partial charge is 0.127 e. The number of pyridine rings is 1. The molecule has 0 spiro atoms. The number of anilines is 1. The van der Waals surface area contributed by atoms with Crippen molar-refractivity contribution in [3.05, 3.63) is 23.9 Å². The molecule has 0 radical (unpaired) electrons. The van der Waals surface area contributed by atoms with E-state index in [1.165, 1.54) is 0 Å². The molecule has 0 aliphatic carbocycles. The van der Waals surface area contributed by atoms with Crippen molar-refractivity contribution in [1.29, 1.82) is 0 Å². The molecule has 0 aromatic carbocycles. The van der Waals surface area contributed by atoms with E-state index in [9.17, 15) is 5.11 Å². The van der Waals surface area contributed by atoms with E-state index in [-0.39, 0.29) is 0 Å². The maximum absolute atomic E-state index is 10.3. The van der Waals surface area contributed by atoms with Gasteiger partial charge in [0.2, 0.25) is 0 Å². The van der Waals surface area contributed by atoms with Crippen LogP contribution in [0, 0.1) is 0 Å². The Bertz CT molecular complexity index is 328. The molecule has 1 aromatic rings. The van der Waals surface area contributed by atoms with Gasteiger partial charge in [0.05, 0.1) is 0 Å². The fraction of sp³-hybridized carbons (Fsp3) is 0.545. The summed E-state index contributed by atoms with van der Waals surface area (Å²) in [5.41, 5.74) is 0.177. The highest BCUT2D eigenvalue weighted by molar-refractivity contribution is 5.38. The molecule has 1 saturated heterocycles. The van der Waals surface area contributed by atoms with Crippen molar-refractivity contribution in [2.45, 2.75) is 12.0 Å². The van der Waals surface area contributed by atoms with Crippen LogP contribution in [0.1, 0.15) is 12.0 Å². The topological polar surface area (TPSA) is 48.4 Å². The SMILES string of the molecule is CN(C)c1ccc(C2(O)CCNC2)cn1. The highest BCUT2D eigenvalue weighted by atomic mass is 16.3. The Kier molecular flexibility index (Phi) is 2.63. The molecule has 1 atom stereocenters. The molecule has 1 unspecified atom stereocenters. The highest BCUT2D eigenvalue weighted by Crippen LogP contribution is 2.27. The van der Waals surface area contributed by atoms with Crippen LogP contribution in [0.3, 0.4) is 0 Å². The van der Waals surface area contributed by atoms with E-state index in [2.05, 4.69) is 10.3 Å². The summed E-state index contributed by atoms with van der Waals surface area (Å²) < 4.78 is 0. The minimum absolute atomic E-state index is 0.621. The quantitative estimate of drug-likeness (QED) is 0.733. The summed E-state index contributed by atoms with van der Waals surface area (Å²) in [5.74, 6) is 0.910. The first-order valence-electron chi connectivity index (χ1n) is 5.19. The van der Waals surface area contributed by atoms with Crippen molar-refractivity contribution in [2.24, 2.45) is 0 Å². The van der Waals surface area contributed by atoms with Crippen LogP contribution in [-0.4, -0.2) is 37.3 Å². The van der Waals surface area contributed by atoms with E-state index in [1.54, 1.807) is 6.20 Å². The Hall–Kier alpha value is -1.13. The molecule has 2 rings (SSSR count). The summed E-state index contributed by atoms with van der Waals surface area (Å²) in [5, 5.41) is 13.4.